The van der Waals surface area contributed by atoms with Gasteiger partial charge in [-0.3, -0.25) is 0 Å². The van der Waals surface area contributed by atoms with E-state index in [4.69, 9.17) is 0 Å². The van der Waals surface area contributed by atoms with E-state index in [0.717, 1.165) is 35.1 Å². The zero-order valence-corrected chi connectivity index (χ0v) is 13.3. The molecule has 108 valence electrons. The summed E-state index contributed by atoms with van der Waals surface area (Å²) in [6, 6.07) is 4.96. The fourth-order valence-corrected chi connectivity index (χ4v) is 2.63. The minimum absolute atomic E-state index is 0.137. The third-order valence-electron chi connectivity index (χ3n) is 3.16. The number of hydrogen-bond acceptors (Lipinski definition) is 2. The summed E-state index contributed by atoms with van der Waals surface area (Å²) in [5.74, 6) is -0.225. The molecule has 0 saturated heterocycles. The van der Waals surface area contributed by atoms with E-state index in [1.807, 2.05) is 23.9 Å². The molecule has 0 radical (unpaired) electrons. The second-order valence-corrected chi connectivity index (χ2v) is 5.76. The topological polar surface area (TPSA) is 29.9 Å². The van der Waals surface area contributed by atoms with E-state index in [2.05, 4.69) is 33.2 Å². The third-order valence-corrected chi connectivity index (χ3v) is 3.90. The van der Waals surface area contributed by atoms with Gasteiger partial charge in [-0.05, 0) is 37.1 Å². The van der Waals surface area contributed by atoms with Gasteiger partial charge in [-0.25, -0.2) is 9.37 Å². The number of aryl methyl sites for hydroxylation is 1. The molecule has 0 amide bonds. The number of rotatable bonds is 6. The Morgan fingerprint density at radius 2 is 2.25 bits per heavy atom. The normalized spacial score (nSPS) is 12.6. The molecular formula is C15H19BrFN3. The van der Waals surface area contributed by atoms with Gasteiger partial charge in [0.15, 0.2) is 0 Å². The zero-order valence-electron chi connectivity index (χ0n) is 11.7. The lowest BCUT2D eigenvalue weighted by Gasteiger charge is -2.17. The van der Waals surface area contributed by atoms with Gasteiger partial charge < -0.3 is 9.88 Å². The van der Waals surface area contributed by atoms with Crippen LogP contribution in [0.15, 0.2) is 35.2 Å². The molecule has 0 aliphatic carbocycles. The van der Waals surface area contributed by atoms with Crippen LogP contribution in [0.3, 0.4) is 0 Å². The molecule has 3 nitrogen and oxygen atoms in total. The van der Waals surface area contributed by atoms with Crippen LogP contribution < -0.4 is 5.32 Å². The molecule has 1 N–H and O–H groups in total. The highest BCUT2D eigenvalue weighted by atomic mass is 79.9. The second-order valence-electron chi connectivity index (χ2n) is 4.91. The summed E-state index contributed by atoms with van der Waals surface area (Å²) in [6.45, 7) is 3.07. The van der Waals surface area contributed by atoms with Crippen molar-refractivity contribution in [3.05, 3.63) is 52.3 Å². The van der Waals surface area contributed by atoms with Gasteiger partial charge in [-0.1, -0.05) is 28.9 Å². The fraction of sp³-hybridized carbons (Fsp3) is 0.400. The molecule has 1 aromatic heterocycles. The van der Waals surface area contributed by atoms with Crippen LogP contribution in [0.1, 0.15) is 30.6 Å². The average Bonchev–Trinajstić information content (AvgIpc) is 2.83. The predicted molar refractivity (Wildman–Crippen MR) is 82.0 cm³/mol. The number of imidazole rings is 1. The SMILES string of the molecule is CCCNC(Cc1ccc(F)cc1Br)c1cn(C)cn1. The highest BCUT2D eigenvalue weighted by molar-refractivity contribution is 9.10. The maximum atomic E-state index is 13.2. The highest BCUT2D eigenvalue weighted by Crippen LogP contribution is 2.24. The molecule has 1 atom stereocenters. The van der Waals surface area contributed by atoms with Crippen molar-refractivity contribution < 1.29 is 4.39 Å². The van der Waals surface area contributed by atoms with Gasteiger partial charge in [0.1, 0.15) is 5.82 Å². The minimum atomic E-state index is -0.225. The Morgan fingerprint density at radius 1 is 1.45 bits per heavy atom. The van der Waals surface area contributed by atoms with Gasteiger partial charge in [-0.15, -0.1) is 0 Å². The number of aromatic nitrogens is 2. The molecule has 1 heterocycles. The molecular weight excluding hydrogens is 321 g/mol. The van der Waals surface area contributed by atoms with Crippen LogP contribution >= 0.6 is 15.9 Å². The van der Waals surface area contributed by atoms with Crippen molar-refractivity contribution in [1.29, 1.82) is 0 Å². The maximum Gasteiger partial charge on any atom is 0.124 e. The summed E-state index contributed by atoms with van der Waals surface area (Å²) in [6.07, 6.45) is 5.66. The van der Waals surface area contributed by atoms with E-state index in [0.29, 0.717) is 0 Å². The molecule has 0 spiro atoms. The second kappa shape index (κ2) is 6.99. The summed E-state index contributed by atoms with van der Waals surface area (Å²) < 4.78 is 15.9. The molecule has 0 saturated carbocycles. The molecule has 1 aromatic carbocycles. The van der Waals surface area contributed by atoms with Crippen LogP contribution in [0.25, 0.3) is 0 Å². The number of nitrogens with zero attached hydrogens (tertiary/aromatic N) is 2. The quantitative estimate of drug-likeness (QED) is 0.871. The third kappa shape index (κ3) is 3.90. The van der Waals surface area contributed by atoms with Crippen LogP contribution in [-0.4, -0.2) is 16.1 Å². The van der Waals surface area contributed by atoms with Crippen molar-refractivity contribution in [1.82, 2.24) is 14.9 Å². The summed E-state index contributed by atoms with van der Waals surface area (Å²) in [4.78, 5) is 4.42. The summed E-state index contributed by atoms with van der Waals surface area (Å²) >= 11 is 3.43. The largest absolute Gasteiger partial charge is 0.340 e. The van der Waals surface area contributed by atoms with Crippen molar-refractivity contribution >= 4 is 15.9 Å². The Labute approximate surface area is 127 Å². The first kappa shape index (κ1) is 15.2. The van der Waals surface area contributed by atoms with Crippen LogP contribution in [0.2, 0.25) is 0 Å². The van der Waals surface area contributed by atoms with E-state index >= 15 is 0 Å². The van der Waals surface area contributed by atoms with Gasteiger partial charge in [-0.2, -0.15) is 0 Å². The van der Waals surface area contributed by atoms with Crippen molar-refractivity contribution in [2.75, 3.05) is 6.54 Å². The van der Waals surface area contributed by atoms with Gasteiger partial charge in [0, 0.05) is 17.7 Å². The molecule has 0 aliphatic heterocycles. The summed E-state index contributed by atoms with van der Waals surface area (Å²) in [5.41, 5.74) is 2.09. The Hall–Kier alpha value is -1.20. The van der Waals surface area contributed by atoms with Crippen molar-refractivity contribution in [3.63, 3.8) is 0 Å². The van der Waals surface area contributed by atoms with Crippen molar-refractivity contribution in [2.24, 2.45) is 7.05 Å². The van der Waals surface area contributed by atoms with Gasteiger partial charge in [0.25, 0.3) is 0 Å². The molecule has 0 bridgehead atoms. The van der Waals surface area contributed by atoms with Gasteiger partial charge in [0.2, 0.25) is 0 Å². The van der Waals surface area contributed by atoms with E-state index < -0.39 is 0 Å². The van der Waals surface area contributed by atoms with E-state index in [1.165, 1.54) is 12.1 Å². The first-order chi connectivity index (χ1) is 9.60. The smallest absolute Gasteiger partial charge is 0.124 e. The van der Waals surface area contributed by atoms with Gasteiger partial charge >= 0.3 is 0 Å². The van der Waals surface area contributed by atoms with Crippen LogP contribution in [0.4, 0.5) is 4.39 Å². The standard InChI is InChI=1S/C15H19BrFN3/c1-3-6-18-14(15-9-20(2)10-19-15)7-11-4-5-12(17)8-13(11)16/h4-5,8-10,14,18H,3,6-7H2,1-2H3. The van der Waals surface area contributed by atoms with Crippen molar-refractivity contribution in [3.8, 4) is 0 Å². The lowest BCUT2D eigenvalue weighted by Crippen LogP contribution is -2.24. The molecule has 20 heavy (non-hydrogen) atoms. The molecule has 0 aliphatic rings. The Balaban J connectivity index is 2.18. The summed E-state index contributed by atoms with van der Waals surface area (Å²) in [7, 11) is 1.96. The number of hydrogen-bond donors (Lipinski definition) is 1. The first-order valence-electron chi connectivity index (χ1n) is 6.75. The summed E-state index contributed by atoms with van der Waals surface area (Å²) in [5, 5.41) is 3.50. The van der Waals surface area contributed by atoms with Gasteiger partial charge in [0.05, 0.1) is 18.1 Å². The molecule has 0 fully saturated rings. The zero-order chi connectivity index (χ0) is 14.5. The maximum absolute atomic E-state index is 13.2. The van der Waals surface area contributed by atoms with Crippen LogP contribution in [0, 0.1) is 5.82 Å². The average molecular weight is 340 g/mol. The Bertz CT molecular complexity index is 568. The number of nitrogens with one attached hydrogen (secondary N) is 1. The number of benzene rings is 1. The Kier molecular flexibility index (Phi) is 5.31. The molecule has 2 aromatic rings. The Morgan fingerprint density at radius 3 is 2.85 bits per heavy atom. The van der Waals surface area contributed by atoms with E-state index in [1.54, 1.807) is 6.33 Å². The minimum Gasteiger partial charge on any atom is -0.340 e. The van der Waals surface area contributed by atoms with Crippen LogP contribution in [-0.2, 0) is 13.5 Å². The first-order valence-corrected chi connectivity index (χ1v) is 7.54. The van der Waals surface area contributed by atoms with Crippen molar-refractivity contribution in [2.45, 2.75) is 25.8 Å². The van der Waals surface area contributed by atoms with Crippen LogP contribution in [0.5, 0.6) is 0 Å². The predicted octanol–water partition coefficient (Wildman–Crippen LogP) is 3.61. The lowest BCUT2D eigenvalue weighted by atomic mass is 10.0. The lowest BCUT2D eigenvalue weighted by molar-refractivity contribution is 0.518. The monoisotopic (exact) mass is 339 g/mol. The molecule has 2 rings (SSSR count). The van der Waals surface area contributed by atoms with E-state index in [-0.39, 0.29) is 11.9 Å². The number of halogens is 2. The highest BCUT2D eigenvalue weighted by Gasteiger charge is 2.15. The fourth-order valence-electron chi connectivity index (χ4n) is 2.12. The molecule has 1 unspecified atom stereocenters. The molecule has 5 heteroatoms. The van der Waals surface area contributed by atoms with E-state index in [9.17, 15) is 4.39 Å².